The molecule has 69 heavy (non-hydrogen) atoms. The van der Waals surface area contributed by atoms with E-state index >= 15 is 0 Å². The van der Waals surface area contributed by atoms with Crippen LogP contribution in [0.25, 0.3) is 0 Å². The van der Waals surface area contributed by atoms with E-state index in [-0.39, 0.29) is 32.2 Å². The van der Waals surface area contributed by atoms with E-state index < -0.39 is 24.3 Å². The van der Waals surface area contributed by atoms with Crippen LogP contribution in [0.4, 0.5) is 0 Å². The lowest BCUT2D eigenvalue weighted by Gasteiger charge is -2.25. The van der Waals surface area contributed by atoms with Crippen molar-refractivity contribution >= 4 is 17.9 Å². The molecule has 0 rings (SSSR count). The number of hydrogen-bond donors (Lipinski definition) is 1. The van der Waals surface area contributed by atoms with Crippen LogP contribution < -0.4 is 0 Å². The predicted molar refractivity (Wildman–Crippen MR) is 291 cm³/mol. The summed E-state index contributed by atoms with van der Waals surface area (Å²) in [6.45, 7) is 4.84. The van der Waals surface area contributed by atoms with Crippen LogP contribution in [0.3, 0.4) is 0 Å². The van der Waals surface area contributed by atoms with Gasteiger partial charge >= 0.3 is 17.9 Å². The minimum Gasteiger partial charge on any atom is -0.477 e. The average molecular weight is 980 g/mol. The molecule has 0 spiro atoms. The summed E-state index contributed by atoms with van der Waals surface area (Å²) in [6.07, 6.45) is 57.7. The zero-order valence-electron chi connectivity index (χ0n) is 46.5. The molecule has 0 amide bonds. The number of carbonyl (C=O) groups is 3. The molecule has 9 heteroatoms. The molecule has 0 heterocycles. The molecular formula is C60H116NO8+. The Hall–Kier alpha value is -1.97. The van der Waals surface area contributed by atoms with Crippen molar-refractivity contribution in [3.63, 3.8) is 0 Å². The number of allylic oxidation sites excluding steroid dienone is 2. The molecule has 0 saturated heterocycles. The van der Waals surface area contributed by atoms with Gasteiger partial charge in [-0.3, -0.25) is 9.59 Å². The van der Waals surface area contributed by atoms with Gasteiger partial charge in [-0.2, -0.15) is 0 Å². The third-order valence-corrected chi connectivity index (χ3v) is 13.5. The lowest BCUT2D eigenvalue weighted by molar-refractivity contribution is -0.870. The molecule has 0 saturated carbocycles. The van der Waals surface area contributed by atoms with Gasteiger partial charge in [0.2, 0.25) is 0 Å². The van der Waals surface area contributed by atoms with Crippen LogP contribution in [-0.4, -0.2) is 87.4 Å². The van der Waals surface area contributed by atoms with Gasteiger partial charge in [0, 0.05) is 12.8 Å². The molecule has 9 nitrogen and oxygen atoms in total. The number of ether oxygens (including phenoxy) is 4. The van der Waals surface area contributed by atoms with Gasteiger partial charge in [0.05, 0.1) is 34.4 Å². The van der Waals surface area contributed by atoms with Gasteiger partial charge in [0.25, 0.3) is 6.29 Å². The van der Waals surface area contributed by atoms with Crippen LogP contribution >= 0.6 is 0 Å². The summed E-state index contributed by atoms with van der Waals surface area (Å²) >= 11 is 0. The Labute approximate surface area is 427 Å². The fourth-order valence-corrected chi connectivity index (χ4v) is 8.90. The van der Waals surface area contributed by atoms with Crippen molar-refractivity contribution in [2.24, 2.45) is 0 Å². The largest absolute Gasteiger partial charge is 0.477 e. The van der Waals surface area contributed by atoms with Crippen molar-refractivity contribution in [3.05, 3.63) is 12.2 Å². The molecule has 0 aliphatic carbocycles. The Kier molecular flexibility index (Phi) is 50.9. The maximum Gasteiger partial charge on any atom is 0.361 e. The van der Waals surface area contributed by atoms with E-state index in [0.717, 1.165) is 57.8 Å². The zero-order valence-corrected chi connectivity index (χ0v) is 46.5. The first-order valence-corrected chi connectivity index (χ1v) is 29.9. The second-order valence-corrected chi connectivity index (χ2v) is 21.7. The lowest BCUT2D eigenvalue weighted by atomic mass is 10.0. The first kappa shape index (κ1) is 67.0. The summed E-state index contributed by atoms with van der Waals surface area (Å²) in [7, 11) is 5.97. The van der Waals surface area contributed by atoms with E-state index in [1.165, 1.54) is 205 Å². The van der Waals surface area contributed by atoms with Crippen molar-refractivity contribution in [3.8, 4) is 0 Å². The minimum absolute atomic E-state index is 0.180. The Morgan fingerprint density at radius 2 is 0.768 bits per heavy atom. The molecule has 0 aliphatic heterocycles. The number of aliphatic carboxylic acids is 1. The number of unbranched alkanes of at least 4 members (excludes halogenated alkanes) is 39. The molecule has 2 unspecified atom stereocenters. The highest BCUT2D eigenvalue weighted by molar-refractivity contribution is 5.71. The minimum atomic E-state index is -1.51. The van der Waals surface area contributed by atoms with Crippen molar-refractivity contribution in [2.45, 2.75) is 309 Å². The summed E-state index contributed by atoms with van der Waals surface area (Å²) in [5, 5.41) is 9.66. The lowest BCUT2D eigenvalue weighted by Crippen LogP contribution is -2.40. The van der Waals surface area contributed by atoms with Crippen LogP contribution in [0.15, 0.2) is 12.2 Å². The maximum atomic E-state index is 12.7. The van der Waals surface area contributed by atoms with Gasteiger partial charge < -0.3 is 28.5 Å². The zero-order chi connectivity index (χ0) is 50.6. The predicted octanol–water partition coefficient (Wildman–Crippen LogP) is 17.4. The van der Waals surface area contributed by atoms with Crippen LogP contribution in [0.5, 0.6) is 0 Å². The summed E-state index contributed by atoms with van der Waals surface area (Å²) in [4.78, 5) is 37.2. The van der Waals surface area contributed by atoms with E-state index in [1.807, 2.05) is 21.1 Å². The maximum absolute atomic E-state index is 12.7. The number of carboxylic acids is 1. The molecule has 0 aromatic rings. The van der Waals surface area contributed by atoms with Gasteiger partial charge in [-0.05, 0) is 32.1 Å². The third kappa shape index (κ3) is 53.7. The first-order chi connectivity index (χ1) is 33.6. The topological polar surface area (TPSA) is 108 Å². The van der Waals surface area contributed by atoms with Crippen molar-refractivity contribution in [2.75, 3.05) is 47.5 Å². The number of nitrogens with zero attached hydrogens (tertiary/aromatic N) is 1. The molecule has 0 aromatic heterocycles. The number of hydrogen-bond acceptors (Lipinski definition) is 7. The highest BCUT2D eigenvalue weighted by Crippen LogP contribution is 2.18. The molecule has 0 radical (unpaired) electrons. The van der Waals surface area contributed by atoms with Crippen LogP contribution in [0, 0.1) is 0 Å². The van der Waals surface area contributed by atoms with E-state index in [4.69, 9.17) is 18.9 Å². The standard InChI is InChI=1S/C60H115NO8/c1-6-8-10-12-14-16-18-19-20-21-22-23-24-25-26-27-28-29-30-31-32-33-34-35-36-37-38-39-40-41-43-44-46-48-50-57(62)67-54-56(55-68-60(59(64)65)66-53-52-61(3,4)5)69-58(63)51-49-47-45-42-17-15-13-11-9-7-2/h11,13,56,60H,6-10,12,14-55H2,1-5H3/p+1/b13-11-. The van der Waals surface area contributed by atoms with Gasteiger partial charge in [-0.15, -0.1) is 0 Å². The first-order valence-electron chi connectivity index (χ1n) is 29.9. The Morgan fingerprint density at radius 1 is 0.420 bits per heavy atom. The van der Waals surface area contributed by atoms with Gasteiger partial charge in [-0.1, -0.05) is 264 Å². The molecule has 0 aromatic carbocycles. The Morgan fingerprint density at radius 3 is 1.13 bits per heavy atom. The second-order valence-electron chi connectivity index (χ2n) is 21.7. The van der Waals surface area contributed by atoms with Gasteiger partial charge in [-0.25, -0.2) is 4.79 Å². The van der Waals surface area contributed by atoms with Crippen LogP contribution in [-0.2, 0) is 33.3 Å². The number of quaternary nitrogens is 1. The molecule has 0 bridgehead atoms. The Bertz CT molecular complexity index is 1140. The van der Waals surface area contributed by atoms with Gasteiger partial charge in [0.1, 0.15) is 13.2 Å². The van der Waals surface area contributed by atoms with Crippen molar-refractivity contribution < 1.29 is 42.9 Å². The summed E-state index contributed by atoms with van der Waals surface area (Å²) in [6, 6.07) is 0. The fourth-order valence-electron chi connectivity index (χ4n) is 8.90. The normalized spacial score (nSPS) is 12.8. The molecular weight excluding hydrogens is 863 g/mol. The molecule has 408 valence electrons. The smallest absolute Gasteiger partial charge is 0.361 e. The molecule has 0 fully saturated rings. The number of rotatable bonds is 56. The van der Waals surface area contributed by atoms with E-state index in [9.17, 15) is 19.5 Å². The fraction of sp³-hybridized carbons (Fsp3) is 0.917. The third-order valence-electron chi connectivity index (χ3n) is 13.5. The molecule has 1 N–H and O–H groups in total. The summed E-state index contributed by atoms with van der Waals surface area (Å²) in [5.41, 5.74) is 0. The number of esters is 2. The van der Waals surface area contributed by atoms with E-state index in [2.05, 4.69) is 26.0 Å². The summed E-state index contributed by atoms with van der Waals surface area (Å²) < 4.78 is 22.8. The van der Waals surface area contributed by atoms with Crippen molar-refractivity contribution in [1.29, 1.82) is 0 Å². The van der Waals surface area contributed by atoms with E-state index in [0.29, 0.717) is 23.9 Å². The summed E-state index contributed by atoms with van der Waals surface area (Å²) in [5.74, 6) is -2.00. The quantitative estimate of drug-likeness (QED) is 0.0211. The van der Waals surface area contributed by atoms with Crippen LogP contribution in [0.1, 0.15) is 296 Å². The second kappa shape index (κ2) is 52.4. The average Bonchev–Trinajstić information content (AvgIpc) is 3.31. The number of carboxylic acid groups (broad SMARTS) is 1. The Balaban J connectivity index is 3.90. The highest BCUT2D eigenvalue weighted by Gasteiger charge is 2.25. The van der Waals surface area contributed by atoms with E-state index in [1.54, 1.807) is 0 Å². The monoisotopic (exact) mass is 979 g/mol. The van der Waals surface area contributed by atoms with Gasteiger partial charge in [0.15, 0.2) is 6.10 Å². The SMILES string of the molecule is CCC/C=C\CCCCCCCC(=O)OC(COC(=O)CCCCCCCCCCCCCCCCCCCCCCCCCCCCCCCCCCCC)COC(OCC[N+](C)(C)C)C(=O)O. The molecule has 0 aliphatic rings. The van der Waals surface area contributed by atoms with Crippen molar-refractivity contribution in [1.82, 2.24) is 0 Å². The molecule has 2 atom stereocenters. The number of carbonyl (C=O) groups excluding carboxylic acids is 2. The van der Waals surface area contributed by atoms with Crippen LogP contribution in [0.2, 0.25) is 0 Å². The highest BCUT2D eigenvalue weighted by atomic mass is 16.7. The number of likely N-dealkylation sites (N-methyl/N-ethyl adjacent to an activating group) is 1.